The van der Waals surface area contributed by atoms with Gasteiger partial charge in [-0.3, -0.25) is 4.79 Å². The molecular formula is C13H28N2O4S. The van der Waals surface area contributed by atoms with Gasteiger partial charge < -0.3 is 10.0 Å². The molecule has 0 amide bonds. The summed E-state index contributed by atoms with van der Waals surface area (Å²) in [5, 5.41) is 8.49. The molecule has 6 nitrogen and oxygen atoms in total. The normalized spacial score (nSPS) is 13.6. The number of nitrogens with zero attached hydrogens (tertiary/aromatic N) is 1. The van der Waals surface area contributed by atoms with Crippen molar-refractivity contribution in [2.75, 3.05) is 25.4 Å². The van der Waals surface area contributed by atoms with E-state index in [-0.39, 0.29) is 24.6 Å². The second kappa shape index (κ2) is 10.1. The molecule has 0 heterocycles. The fourth-order valence-corrected chi connectivity index (χ4v) is 3.37. The van der Waals surface area contributed by atoms with Gasteiger partial charge in [0, 0.05) is 12.5 Å². The van der Waals surface area contributed by atoms with E-state index < -0.39 is 16.0 Å². The predicted molar refractivity (Wildman–Crippen MR) is 80.3 cm³/mol. The van der Waals surface area contributed by atoms with Crippen LogP contribution in [-0.4, -0.2) is 55.8 Å². The van der Waals surface area contributed by atoms with E-state index in [0.717, 1.165) is 32.5 Å². The second-order valence-corrected chi connectivity index (χ2v) is 6.88. The topological polar surface area (TPSA) is 86.7 Å². The lowest BCUT2D eigenvalue weighted by atomic mass is 10.2. The van der Waals surface area contributed by atoms with Gasteiger partial charge in [-0.05, 0) is 45.8 Å². The number of nitrogens with one attached hydrogen (secondary N) is 1. The average Bonchev–Trinajstić information content (AvgIpc) is 2.33. The molecule has 0 aliphatic carbocycles. The molecule has 0 aromatic heterocycles. The molecule has 20 heavy (non-hydrogen) atoms. The predicted octanol–water partition coefficient (Wildman–Crippen LogP) is 1.28. The molecule has 0 rings (SSSR count). The van der Waals surface area contributed by atoms with E-state index in [9.17, 15) is 13.2 Å². The molecule has 0 aliphatic rings. The Morgan fingerprint density at radius 1 is 1.25 bits per heavy atom. The molecule has 1 atom stereocenters. The Hall–Kier alpha value is -0.660. The van der Waals surface area contributed by atoms with E-state index in [1.807, 2.05) is 6.92 Å². The molecule has 120 valence electrons. The van der Waals surface area contributed by atoms with Crippen molar-refractivity contribution in [1.82, 2.24) is 9.62 Å². The highest BCUT2D eigenvalue weighted by Crippen LogP contribution is 2.03. The van der Waals surface area contributed by atoms with Crippen molar-refractivity contribution in [1.29, 1.82) is 0 Å². The maximum absolute atomic E-state index is 11.7. The zero-order valence-electron chi connectivity index (χ0n) is 12.8. The molecule has 0 aromatic rings. The number of hydrogen-bond acceptors (Lipinski definition) is 4. The van der Waals surface area contributed by atoms with Crippen molar-refractivity contribution < 1.29 is 18.3 Å². The largest absolute Gasteiger partial charge is 0.481 e. The van der Waals surface area contributed by atoms with Crippen LogP contribution in [0.25, 0.3) is 0 Å². The Morgan fingerprint density at radius 3 is 2.35 bits per heavy atom. The van der Waals surface area contributed by atoms with Crippen molar-refractivity contribution in [2.45, 2.75) is 52.5 Å². The van der Waals surface area contributed by atoms with Gasteiger partial charge in [0.2, 0.25) is 10.0 Å². The SMILES string of the molecule is CCN(CC)CCCC(C)NS(=O)(=O)CCCC(=O)O. The molecule has 0 aromatic carbocycles. The highest BCUT2D eigenvalue weighted by Gasteiger charge is 2.15. The maximum Gasteiger partial charge on any atom is 0.303 e. The first-order valence-electron chi connectivity index (χ1n) is 7.24. The van der Waals surface area contributed by atoms with Crippen LogP contribution in [0.15, 0.2) is 0 Å². The molecule has 0 saturated heterocycles. The number of carboxylic acid groups (broad SMARTS) is 1. The molecule has 0 saturated carbocycles. The van der Waals surface area contributed by atoms with Crippen molar-refractivity contribution in [3.63, 3.8) is 0 Å². The summed E-state index contributed by atoms with van der Waals surface area (Å²) in [5.41, 5.74) is 0. The quantitative estimate of drug-likeness (QED) is 0.567. The minimum atomic E-state index is -3.37. The monoisotopic (exact) mass is 308 g/mol. The minimum absolute atomic E-state index is 0.111. The van der Waals surface area contributed by atoms with Crippen LogP contribution in [-0.2, 0) is 14.8 Å². The van der Waals surface area contributed by atoms with Gasteiger partial charge in [0.15, 0.2) is 0 Å². The molecule has 0 spiro atoms. The van der Waals surface area contributed by atoms with E-state index in [0.29, 0.717) is 0 Å². The smallest absolute Gasteiger partial charge is 0.303 e. The van der Waals surface area contributed by atoms with Crippen molar-refractivity contribution in [3.8, 4) is 0 Å². The first kappa shape index (κ1) is 19.3. The summed E-state index contributed by atoms with van der Waals surface area (Å²) in [6, 6.07) is -0.111. The molecule has 0 bridgehead atoms. The van der Waals surface area contributed by atoms with Crippen LogP contribution in [0.5, 0.6) is 0 Å². The zero-order valence-corrected chi connectivity index (χ0v) is 13.6. The van der Waals surface area contributed by atoms with E-state index in [1.165, 1.54) is 0 Å². The number of aliphatic carboxylic acids is 1. The third kappa shape index (κ3) is 10.2. The summed E-state index contributed by atoms with van der Waals surface area (Å²) < 4.78 is 26.0. The summed E-state index contributed by atoms with van der Waals surface area (Å²) in [7, 11) is -3.37. The Bertz CT molecular complexity index is 367. The lowest BCUT2D eigenvalue weighted by Gasteiger charge is -2.19. The van der Waals surface area contributed by atoms with E-state index in [4.69, 9.17) is 5.11 Å². The standard InChI is InChI=1S/C13H28N2O4S/c1-4-15(5-2)10-6-8-12(3)14-20(18,19)11-7-9-13(16)17/h12,14H,4-11H2,1-3H3,(H,16,17). The molecule has 0 fully saturated rings. The van der Waals surface area contributed by atoms with Crippen LogP contribution >= 0.6 is 0 Å². The van der Waals surface area contributed by atoms with Crippen LogP contribution in [0.2, 0.25) is 0 Å². The third-order valence-electron chi connectivity index (χ3n) is 3.19. The average molecular weight is 308 g/mol. The third-order valence-corrected chi connectivity index (χ3v) is 4.78. The fraction of sp³-hybridized carbons (Fsp3) is 0.923. The summed E-state index contributed by atoms with van der Waals surface area (Å²) in [4.78, 5) is 12.6. The Labute approximate surface area is 122 Å². The van der Waals surface area contributed by atoms with Gasteiger partial charge in [-0.1, -0.05) is 13.8 Å². The van der Waals surface area contributed by atoms with Crippen LogP contribution in [0.3, 0.4) is 0 Å². The summed E-state index contributed by atoms with van der Waals surface area (Å²) >= 11 is 0. The van der Waals surface area contributed by atoms with E-state index in [2.05, 4.69) is 23.5 Å². The Balaban J connectivity index is 3.93. The van der Waals surface area contributed by atoms with Gasteiger partial charge in [-0.25, -0.2) is 13.1 Å². The number of carbonyl (C=O) groups is 1. The van der Waals surface area contributed by atoms with Gasteiger partial charge in [0.1, 0.15) is 0 Å². The van der Waals surface area contributed by atoms with E-state index in [1.54, 1.807) is 0 Å². The summed E-state index contributed by atoms with van der Waals surface area (Å²) in [6.45, 7) is 9.04. The molecule has 1 unspecified atom stereocenters. The minimum Gasteiger partial charge on any atom is -0.481 e. The Kier molecular flexibility index (Phi) is 9.79. The van der Waals surface area contributed by atoms with Gasteiger partial charge in [-0.2, -0.15) is 0 Å². The number of carboxylic acids is 1. The zero-order chi connectivity index (χ0) is 15.6. The van der Waals surface area contributed by atoms with Gasteiger partial charge >= 0.3 is 5.97 Å². The molecule has 0 aliphatic heterocycles. The van der Waals surface area contributed by atoms with Gasteiger partial charge in [-0.15, -0.1) is 0 Å². The van der Waals surface area contributed by atoms with Crippen LogP contribution in [0.1, 0.15) is 46.5 Å². The van der Waals surface area contributed by atoms with Crippen molar-refractivity contribution in [3.05, 3.63) is 0 Å². The van der Waals surface area contributed by atoms with Crippen LogP contribution < -0.4 is 4.72 Å². The van der Waals surface area contributed by atoms with Crippen LogP contribution in [0.4, 0.5) is 0 Å². The lowest BCUT2D eigenvalue weighted by Crippen LogP contribution is -2.35. The number of rotatable bonds is 12. The molecule has 2 N–H and O–H groups in total. The summed E-state index contributed by atoms with van der Waals surface area (Å²) in [6.07, 6.45) is 1.77. The Morgan fingerprint density at radius 2 is 1.85 bits per heavy atom. The second-order valence-electron chi connectivity index (χ2n) is 5.00. The molecular weight excluding hydrogens is 280 g/mol. The highest BCUT2D eigenvalue weighted by molar-refractivity contribution is 7.89. The maximum atomic E-state index is 11.7. The van der Waals surface area contributed by atoms with Crippen molar-refractivity contribution in [2.24, 2.45) is 0 Å². The first-order chi connectivity index (χ1) is 9.30. The van der Waals surface area contributed by atoms with E-state index >= 15 is 0 Å². The van der Waals surface area contributed by atoms with Crippen molar-refractivity contribution >= 4 is 16.0 Å². The van der Waals surface area contributed by atoms with Gasteiger partial charge in [0.05, 0.1) is 5.75 Å². The molecule has 0 radical (unpaired) electrons. The van der Waals surface area contributed by atoms with Gasteiger partial charge in [0.25, 0.3) is 0 Å². The lowest BCUT2D eigenvalue weighted by molar-refractivity contribution is -0.137. The fourth-order valence-electron chi connectivity index (χ4n) is 2.00. The van der Waals surface area contributed by atoms with Crippen LogP contribution in [0, 0.1) is 0 Å². The summed E-state index contributed by atoms with van der Waals surface area (Å²) in [5.74, 6) is -1.09. The molecule has 7 heteroatoms. The first-order valence-corrected chi connectivity index (χ1v) is 8.90. The highest BCUT2D eigenvalue weighted by atomic mass is 32.2. The number of hydrogen-bond donors (Lipinski definition) is 2. The number of sulfonamides is 1.